The summed E-state index contributed by atoms with van der Waals surface area (Å²) < 4.78 is 10.7. The molecule has 0 fully saturated rings. The molecule has 0 bridgehead atoms. The van der Waals surface area contributed by atoms with Crippen LogP contribution in [-0.2, 0) is 20.9 Å². The molecule has 0 radical (unpaired) electrons. The van der Waals surface area contributed by atoms with Gasteiger partial charge in [-0.2, -0.15) is 0 Å². The van der Waals surface area contributed by atoms with E-state index in [1.807, 2.05) is 68.4 Å². The van der Waals surface area contributed by atoms with Gasteiger partial charge in [0, 0.05) is 12.2 Å². The first kappa shape index (κ1) is 21.4. The molecule has 0 aromatic heterocycles. The second-order valence-electron chi connectivity index (χ2n) is 7.66. The van der Waals surface area contributed by atoms with Crippen molar-refractivity contribution < 1.29 is 19.1 Å². The van der Waals surface area contributed by atoms with Gasteiger partial charge in [-0.1, -0.05) is 56.3 Å². The van der Waals surface area contributed by atoms with Gasteiger partial charge in [-0.3, -0.25) is 4.79 Å². The minimum atomic E-state index is -0.499. The average molecular weight is 405 g/mol. The number of hydrogen-bond donors (Lipinski definition) is 0. The van der Waals surface area contributed by atoms with Crippen molar-refractivity contribution in [3.8, 4) is 5.75 Å². The Morgan fingerprint density at radius 1 is 1.07 bits per heavy atom. The zero-order chi connectivity index (χ0) is 21.7. The predicted octanol–water partition coefficient (Wildman–Crippen LogP) is 4.59. The third-order valence-corrected chi connectivity index (χ3v) is 4.89. The van der Waals surface area contributed by atoms with Crippen molar-refractivity contribution in [1.29, 1.82) is 0 Å². The Bertz CT molecular complexity index is 972. The lowest BCUT2D eigenvalue weighted by atomic mass is 10.0. The topological polar surface area (TPSA) is 55.8 Å². The van der Waals surface area contributed by atoms with Gasteiger partial charge >= 0.3 is 5.97 Å². The van der Waals surface area contributed by atoms with Crippen molar-refractivity contribution in [3.05, 3.63) is 82.6 Å². The molecule has 1 heterocycles. The highest BCUT2D eigenvalue weighted by Gasteiger charge is 2.37. The van der Waals surface area contributed by atoms with E-state index in [1.54, 1.807) is 17.9 Å². The fraction of sp³-hybridized carbons (Fsp3) is 0.280. The summed E-state index contributed by atoms with van der Waals surface area (Å²) in [5.41, 5.74) is 3.22. The first-order valence-electron chi connectivity index (χ1n) is 10.0. The van der Waals surface area contributed by atoms with Crippen LogP contribution < -0.4 is 4.74 Å². The van der Waals surface area contributed by atoms with Gasteiger partial charge in [-0.05, 0) is 42.2 Å². The standard InChI is InChI=1S/C25H27NO4/c1-17(2)15-26-18(3)23(25(28)29-4)22(24(26)27)14-19-10-12-21(13-11-19)30-16-20-8-6-5-7-9-20/h5-14,17H,15-16H2,1-4H3. The van der Waals surface area contributed by atoms with Crippen molar-refractivity contribution in [2.75, 3.05) is 13.7 Å². The summed E-state index contributed by atoms with van der Waals surface area (Å²) in [5.74, 6) is 0.343. The molecular formula is C25H27NO4. The van der Waals surface area contributed by atoms with Gasteiger partial charge in [0.2, 0.25) is 0 Å². The van der Waals surface area contributed by atoms with Crippen LogP contribution in [-0.4, -0.2) is 30.4 Å². The number of ether oxygens (including phenoxy) is 2. The second kappa shape index (κ2) is 9.44. The van der Waals surface area contributed by atoms with Crippen molar-refractivity contribution in [2.45, 2.75) is 27.4 Å². The van der Waals surface area contributed by atoms with Crippen LogP contribution in [0.15, 0.2) is 71.4 Å². The third kappa shape index (κ3) is 4.79. The Balaban J connectivity index is 1.81. The highest BCUT2D eigenvalue weighted by Crippen LogP contribution is 2.32. The third-order valence-electron chi connectivity index (χ3n) is 4.89. The molecule has 2 aromatic carbocycles. The molecule has 1 aliphatic heterocycles. The van der Waals surface area contributed by atoms with E-state index < -0.39 is 5.97 Å². The molecule has 0 saturated carbocycles. The number of carbonyl (C=O) groups excluding carboxylic acids is 2. The number of carbonyl (C=O) groups is 2. The molecule has 0 unspecified atom stereocenters. The smallest absolute Gasteiger partial charge is 0.340 e. The minimum Gasteiger partial charge on any atom is -0.489 e. The van der Waals surface area contributed by atoms with E-state index in [4.69, 9.17) is 9.47 Å². The summed E-state index contributed by atoms with van der Waals surface area (Å²) in [6.45, 7) is 6.89. The first-order chi connectivity index (χ1) is 14.4. The molecule has 0 aliphatic carbocycles. The summed E-state index contributed by atoms with van der Waals surface area (Å²) in [4.78, 5) is 27.0. The van der Waals surface area contributed by atoms with Crippen molar-refractivity contribution in [1.82, 2.24) is 4.90 Å². The molecule has 2 aromatic rings. The van der Waals surface area contributed by atoms with Crippen LogP contribution in [0.4, 0.5) is 0 Å². The van der Waals surface area contributed by atoms with Gasteiger partial charge < -0.3 is 14.4 Å². The number of hydrogen-bond acceptors (Lipinski definition) is 4. The van der Waals surface area contributed by atoms with E-state index in [0.717, 1.165) is 16.9 Å². The van der Waals surface area contributed by atoms with E-state index in [0.29, 0.717) is 30.0 Å². The zero-order valence-electron chi connectivity index (χ0n) is 17.8. The fourth-order valence-corrected chi connectivity index (χ4v) is 3.38. The highest BCUT2D eigenvalue weighted by atomic mass is 16.5. The SMILES string of the molecule is COC(=O)C1=C(C)N(CC(C)C)C(=O)C1=Cc1ccc(OCc2ccccc2)cc1. The lowest BCUT2D eigenvalue weighted by Crippen LogP contribution is -2.28. The molecule has 0 spiro atoms. The molecule has 30 heavy (non-hydrogen) atoms. The average Bonchev–Trinajstić information content (AvgIpc) is 2.97. The molecule has 156 valence electrons. The second-order valence-corrected chi connectivity index (χ2v) is 7.66. The number of methoxy groups -OCH3 is 1. The van der Waals surface area contributed by atoms with Crippen molar-refractivity contribution >= 4 is 18.0 Å². The van der Waals surface area contributed by atoms with Gasteiger partial charge in [0.25, 0.3) is 5.91 Å². The van der Waals surface area contributed by atoms with Crippen LogP contribution in [0.5, 0.6) is 5.75 Å². The van der Waals surface area contributed by atoms with E-state index >= 15 is 0 Å². The normalized spacial score (nSPS) is 15.3. The number of benzene rings is 2. The number of esters is 1. The van der Waals surface area contributed by atoms with E-state index in [2.05, 4.69) is 0 Å². The van der Waals surface area contributed by atoms with Gasteiger partial charge in [0.1, 0.15) is 12.4 Å². The predicted molar refractivity (Wildman–Crippen MR) is 116 cm³/mol. The maximum Gasteiger partial charge on any atom is 0.340 e. The van der Waals surface area contributed by atoms with Gasteiger partial charge in [0.15, 0.2) is 0 Å². The lowest BCUT2D eigenvalue weighted by molar-refractivity contribution is -0.136. The van der Waals surface area contributed by atoms with Crippen LogP contribution in [0.25, 0.3) is 6.08 Å². The van der Waals surface area contributed by atoms with Gasteiger partial charge in [-0.25, -0.2) is 4.79 Å². The van der Waals surface area contributed by atoms with Crippen LogP contribution >= 0.6 is 0 Å². The monoisotopic (exact) mass is 405 g/mol. The zero-order valence-corrected chi connectivity index (χ0v) is 17.8. The van der Waals surface area contributed by atoms with E-state index in [-0.39, 0.29) is 11.8 Å². The Hall–Kier alpha value is -3.34. The van der Waals surface area contributed by atoms with Crippen LogP contribution in [0.2, 0.25) is 0 Å². The Morgan fingerprint density at radius 2 is 1.73 bits per heavy atom. The molecule has 3 rings (SSSR count). The number of amides is 1. The fourth-order valence-electron chi connectivity index (χ4n) is 3.38. The molecule has 1 aliphatic rings. The molecule has 0 N–H and O–H groups in total. The largest absolute Gasteiger partial charge is 0.489 e. The molecule has 1 amide bonds. The maximum atomic E-state index is 13.0. The molecular weight excluding hydrogens is 378 g/mol. The Labute approximate surface area is 177 Å². The van der Waals surface area contributed by atoms with Crippen molar-refractivity contribution in [2.24, 2.45) is 5.92 Å². The summed E-state index contributed by atoms with van der Waals surface area (Å²) >= 11 is 0. The molecule has 0 saturated heterocycles. The minimum absolute atomic E-state index is 0.175. The van der Waals surface area contributed by atoms with Gasteiger partial charge in [-0.15, -0.1) is 0 Å². The number of nitrogens with zero attached hydrogens (tertiary/aromatic N) is 1. The van der Waals surface area contributed by atoms with E-state index in [9.17, 15) is 9.59 Å². The highest BCUT2D eigenvalue weighted by molar-refractivity contribution is 6.16. The Morgan fingerprint density at radius 3 is 2.33 bits per heavy atom. The van der Waals surface area contributed by atoms with Crippen LogP contribution in [0, 0.1) is 5.92 Å². The van der Waals surface area contributed by atoms with E-state index in [1.165, 1.54) is 7.11 Å². The number of rotatable bonds is 7. The van der Waals surface area contributed by atoms with Gasteiger partial charge in [0.05, 0.1) is 18.3 Å². The summed E-state index contributed by atoms with van der Waals surface area (Å²) in [7, 11) is 1.33. The molecule has 0 atom stereocenters. The lowest BCUT2D eigenvalue weighted by Gasteiger charge is -2.19. The summed E-state index contributed by atoms with van der Waals surface area (Å²) in [6, 6.07) is 17.4. The van der Waals surface area contributed by atoms with Crippen molar-refractivity contribution in [3.63, 3.8) is 0 Å². The Kier molecular flexibility index (Phi) is 6.72. The maximum absolute atomic E-state index is 13.0. The summed E-state index contributed by atoms with van der Waals surface area (Å²) in [5, 5.41) is 0. The molecule has 5 nitrogen and oxygen atoms in total. The van der Waals surface area contributed by atoms with Crippen LogP contribution in [0.1, 0.15) is 31.9 Å². The molecule has 5 heteroatoms. The quantitative estimate of drug-likeness (QED) is 0.499. The summed E-state index contributed by atoms with van der Waals surface area (Å²) in [6.07, 6.45) is 1.74. The van der Waals surface area contributed by atoms with Crippen LogP contribution in [0.3, 0.4) is 0 Å². The number of allylic oxidation sites excluding steroid dienone is 1. The first-order valence-corrected chi connectivity index (χ1v) is 10.0.